The third-order valence-corrected chi connectivity index (χ3v) is 3.19. The van der Waals surface area contributed by atoms with Gasteiger partial charge in [-0.1, -0.05) is 12.1 Å². The van der Waals surface area contributed by atoms with Gasteiger partial charge in [0.1, 0.15) is 5.60 Å². The molecule has 90 valence electrons. The van der Waals surface area contributed by atoms with Crippen LogP contribution in [0, 0.1) is 0 Å². The van der Waals surface area contributed by atoms with Crippen molar-refractivity contribution in [2.45, 2.75) is 38.2 Å². The van der Waals surface area contributed by atoms with Crippen molar-refractivity contribution in [3.63, 3.8) is 0 Å². The molecule has 5 heteroatoms. The predicted molar refractivity (Wildman–Crippen MR) is 59.1 cm³/mol. The van der Waals surface area contributed by atoms with Crippen LogP contribution >= 0.6 is 0 Å². The summed E-state index contributed by atoms with van der Waals surface area (Å²) < 4.78 is 10.7. The molecule has 16 heavy (non-hydrogen) atoms. The van der Waals surface area contributed by atoms with Gasteiger partial charge in [0.25, 0.3) is 0 Å². The zero-order valence-electron chi connectivity index (χ0n) is 9.95. The van der Waals surface area contributed by atoms with Crippen molar-refractivity contribution >= 4 is 0 Å². The second-order valence-corrected chi connectivity index (χ2v) is 4.17. The Morgan fingerprint density at radius 2 is 2.31 bits per heavy atom. The SMILES string of the molecule is CCNCCc1nc(C2(OC)CCC2)no1. The minimum absolute atomic E-state index is 0.264. The first-order valence-electron chi connectivity index (χ1n) is 5.89. The Bertz CT molecular complexity index is 328. The van der Waals surface area contributed by atoms with E-state index in [9.17, 15) is 0 Å². The number of rotatable bonds is 6. The van der Waals surface area contributed by atoms with Crippen molar-refractivity contribution < 1.29 is 9.26 Å². The maximum absolute atomic E-state index is 5.50. The average molecular weight is 225 g/mol. The smallest absolute Gasteiger partial charge is 0.228 e. The van der Waals surface area contributed by atoms with E-state index in [4.69, 9.17) is 9.26 Å². The van der Waals surface area contributed by atoms with Crippen molar-refractivity contribution in [3.8, 4) is 0 Å². The number of hydrogen-bond donors (Lipinski definition) is 1. The molecule has 0 atom stereocenters. The fourth-order valence-electron chi connectivity index (χ4n) is 1.93. The minimum atomic E-state index is -0.264. The van der Waals surface area contributed by atoms with Crippen LogP contribution in [0.1, 0.15) is 37.9 Å². The van der Waals surface area contributed by atoms with Crippen molar-refractivity contribution in [1.29, 1.82) is 0 Å². The Balaban J connectivity index is 1.96. The molecule has 0 aliphatic heterocycles. The van der Waals surface area contributed by atoms with Crippen LogP contribution in [0.25, 0.3) is 0 Å². The van der Waals surface area contributed by atoms with Crippen LogP contribution in [0.2, 0.25) is 0 Å². The molecule has 0 aromatic carbocycles. The van der Waals surface area contributed by atoms with Crippen LogP contribution in [-0.2, 0) is 16.8 Å². The first kappa shape index (κ1) is 11.5. The lowest BCUT2D eigenvalue weighted by Gasteiger charge is -2.37. The molecule has 5 nitrogen and oxygen atoms in total. The van der Waals surface area contributed by atoms with Gasteiger partial charge in [-0.2, -0.15) is 4.98 Å². The lowest BCUT2D eigenvalue weighted by Crippen LogP contribution is -2.37. The highest BCUT2D eigenvalue weighted by atomic mass is 16.5. The largest absolute Gasteiger partial charge is 0.370 e. The van der Waals surface area contributed by atoms with Crippen LogP contribution in [0.4, 0.5) is 0 Å². The number of nitrogens with zero attached hydrogens (tertiary/aromatic N) is 2. The second kappa shape index (κ2) is 4.93. The summed E-state index contributed by atoms with van der Waals surface area (Å²) in [5.41, 5.74) is -0.264. The van der Waals surface area contributed by atoms with Crippen LogP contribution < -0.4 is 5.32 Å². The van der Waals surface area contributed by atoms with Gasteiger partial charge in [0, 0.05) is 20.1 Å². The topological polar surface area (TPSA) is 60.2 Å². The Kier molecular flexibility index (Phi) is 3.56. The van der Waals surface area contributed by atoms with E-state index in [1.165, 1.54) is 6.42 Å². The molecule has 2 rings (SSSR count). The standard InChI is InChI=1S/C11H19N3O2/c1-3-12-8-5-9-13-10(14-16-9)11(15-2)6-4-7-11/h12H,3-8H2,1-2H3. The maximum atomic E-state index is 5.50. The van der Waals surface area contributed by atoms with Gasteiger partial charge >= 0.3 is 0 Å². The zero-order valence-corrected chi connectivity index (χ0v) is 9.95. The highest BCUT2D eigenvalue weighted by molar-refractivity contribution is 5.06. The number of hydrogen-bond acceptors (Lipinski definition) is 5. The molecule has 0 unspecified atom stereocenters. The van der Waals surface area contributed by atoms with Gasteiger partial charge in [0.05, 0.1) is 0 Å². The molecule has 1 aliphatic rings. The number of methoxy groups -OCH3 is 1. The third kappa shape index (κ3) is 2.10. The Hall–Kier alpha value is -0.940. The van der Waals surface area contributed by atoms with Crippen LogP contribution in [0.3, 0.4) is 0 Å². The lowest BCUT2D eigenvalue weighted by atomic mass is 9.79. The average Bonchev–Trinajstić information content (AvgIpc) is 2.67. The number of ether oxygens (including phenoxy) is 1. The molecule has 0 saturated heterocycles. The lowest BCUT2D eigenvalue weighted by molar-refractivity contribution is -0.0858. The molecule has 1 fully saturated rings. The minimum Gasteiger partial charge on any atom is -0.370 e. The van der Waals surface area contributed by atoms with E-state index in [1.54, 1.807) is 7.11 Å². The van der Waals surface area contributed by atoms with Gasteiger partial charge in [-0.3, -0.25) is 0 Å². The molecule has 0 radical (unpaired) electrons. The first-order chi connectivity index (χ1) is 7.80. The summed E-state index contributed by atoms with van der Waals surface area (Å²) in [5.74, 6) is 1.41. The molecular formula is C11H19N3O2. The van der Waals surface area contributed by atoms with Crippen LogP contribution in [-0.4, -0.2) is 30.3 Å². The van der Waals surface area contributed by atoms with Crippen molar-refractivity contribution in [3.05, 3.63) is 11.7 Å². The van der Waals surface area contributed by atoms with E-state index >= 15 is 0 Å². The number of nitrogens with one attached hydrogen (secondary N) is 1. The van der Waals surface area contributed by atoms with Gasteiger partial charge in [0.15, 0.2) is 0 Å². The van der Waals surface area contributed by atoms with E-state index in [1.807, 2.05) is 0 Å². The summed E-state index contributed by atoms with van der Waals surface area (Å²) in [4.78, 5) is 4.40. The van der Waals surface area contributed by atoms with Gasteiger partial charge in [0.2, 0.25) is 11.7 Å². The Morgan fingerprint density at radius 3 is 2.88 bits per heavy atom. The van der Waals surface area contributed by atoms with Crippen molar-refractivity contribution in [1.82, 2.24) is 15.5 Å². The first-order valence-corrected chi connectivity index (χ1v) is 5.89. The Morgan fingerprint density at radius 1 is 1.50 bits per heavy atom. The summed E-state index contributed by atoms with van der Waals surface area (Å²) in [6.07, 6.45) is 3.95. The molecule has 0 amide bonds. The highest BCUT2D eigenvalue weighted by Crippen LogP contribution is 2.42. The summed E-state index contributed by atoms with van der Waals surface area (Å²) in [7, 11) is 1.72. The third-order valence-electron chi connectivity index (χ3n) is 3.19. The fourth-order valence-corrected chi connectivity index (χ4v) is 1.93. The van der Waals surface area contributed by atoms with Crippen molar-refractivity contribution in [2.24, 2.45) is 0 Å². The normalized spacial score (nSPS) is 18.4. The number of aromatic nitrogens is 2. The maximum Gasteiger partial charge on any atom is 0.228 e. The molecule has 1 aliphatic carbocycles. The highest BCUT2D eigenvalue weighted by Gasteiger charge is 2.43. The monoisotopic (exact) mass is 225 g/mol. The second-order valence-electron chi connectivity index (χ2n) is 4.17. The zero-order chi connectivity index (χ0) is 11.4. The molecule has 0 bridgehead atoms. The van der Waals surface area contributed by atoms with E-state index < -0.39 is 0 Å². The van der Waals surface area contributed by atoms with Crippen molar-refractivity contribution in [2.75, 3.05) is 20.2 Å². The fraction of sp³-hybridized carbons (Fsp3) is 0.818. The van der Waals surface area contributed by atoms with E-state index in [2.05, 4.69) is 22.4 Å². The Labute approximate surface area is 95.6 Å². The quantitative estimate of drug-likeness (QED) is 0.738. The van der Waals surface area contributed by atoms with Gasteiger partial charge in [-0.05, 0) is 25.8 Å². The van der Waals surface area contributed by atoms with Crippen LogP contribution in [0.5, 0.6) is 0 Å². The van der Waals surface area contributed by atoms with Gasteiger partial charge < -0.3 is 14.6 Å². The summed E-state index contributed by atoms with van der Waals surface area (Å²) in [5, 5.41) is 7.25. The molecule has 0 spiro atoms. The molecule has 1 saturated carbocycles. The molecule has 1 N–H and O–H groups in total. The van der Waals surface area contributed by atoms with E-state index in [-0.39, 0.29) is 5.60 Å². The predicted octanol–water partition coefficient (Wildman–Crippen LogP) is 1.25. The van der Waals surface area contributed by atoms with E-state index in [0.29, 0.717) is 11.7 Å². The molecule has 1 aromatic heterocycles. The molecule has 1 aromatic rings. The molecular weight excluding hydrogens is 206 g/mol. The summed E-state index contributed by atoms with van der Waals surface area (Å²) >= 11 is 0. The summed E-state index contributed by atoms with van der Waals surface area (Å²) in [6.45, 7) is 3.91. The number of likely N-dealkylation sites (N-methyl/N-ethyl adjacent to an activating group) is 1. The van der Waals surface area contributed by atoms with Gasteiger partial charge in [-0.25, -0.2) is 0 Å². The summed E-state index contributed by atoms with van der Waals surface area (Å²) in [6, 6.07) is 0. The van der Waals surface area contributed by atoms with Gasteiger partial charge in [-0.15, -0.1) is 0 Å². The van der Waals surface area contributed by atoms with E-state index in [0.717, 1.165) is 32.4 Å². The molecule has 1 heterocycles. The van der Waals surface area contributed by atoms with Crippen LogP contribution in [0.15, 0.2) is 4.52 Å².